The Balaban J connectivity index is 2.29. The first-order valence-corrected chi connectivity index (χ1v) is 5.59. The Morgan fingerprint density at radius 2 is 2.06 bits per heavy atom. The van der Waals surface area contributed by atoms with E-state index in [0.717, 1.165) is 5.69 Å². The fourth-order valence-electron chi connectivity index (χ4n) is 1.22. The van der Waals surface area contributed by atoms with Gasteiger partial charge in [0.2, 0.25) is 0 Å². The number of anilines is 1. The number of ether oxygens (including phenoxy) is 1. The van der Waals surface area contributed by atoms with Crippen LogP contribution in [0.4, 0.5) is 19.0 Å². The largest absolute Gasteiger partial charge is 0.411 e. The Morgan fingerprint density at radius 3 is 2.67 bits per heavy atom. The Bertz CT molecular complexity index is 369. The second-order valence-corrected chi connectivity index (χ2v) is 4.08. The van der Waals surface area contributed by atoms with Gasteiger partial charge in [0, 0.05) is 18.3 Å². The molecule has 0 radical (unpaired) electrons. The van der Waals surface area contributed by atoms with E-state index in [1.165, 1.54) is 6.33 Å². The molecule has 1 heterocycles. The molecule has 0 saturated carbocycles. The first-order chi connectivity index (χ1) is 8.38. The van der Waals surface area contributed by atoms with Crippen LogP contribution >= 0.6 is 0 Å². The maximum absolute atomic E-state index is 11.8. The monoisotopic (exact) mass is 263 g/mol. The molecule has 0 bridgehead atoms. The van der Waals surface area contributed by atoms with Gasteiger partial charge in [-0.1, -0.05) is 13.8 Å². The highest BCUT2D eigenvalue weighted by atomic mass is 19.4. The molecule has 7 heteroatoms. The molecule has 0 unspecified atom stereocenters. The van der Waals surface area contributed by atoms with Crippen molar-refractivity contribution in [1.82, 2.24) is 9.97 Å². The fourth-order valence-corrected chi connectivity index (χ4v) is 1.22. The lowest BCUT2D eigenvalue weighted by Gasteiger charge is -2.10. The quantitative estimate of drug-likeness (QED) is 0.801. The molecule has 1 aromatic rings. The molecule has 0 amide bonds. The first kappa shape index (κ1) is 14.7. The molecule has 1 N–H and O–H groups in total. The van der Waals surface area contributed by atoms with Crippen LogP contribution in [0.2, 0.25) is 0 Å². The second-order valence-electron chi connectivity index (χ2n) is 4.08. The minimum Gasteiger partial charge on any atom is -0.370 e. The van der Waals surface area contributed by atoms with E-state index in [4.69, 9.17) is 0 Å². The molecular weight excluding hydrogens is 247 g/mol. The zero-order valence-corrected chi connectivity index (χ0v) is 10.3. The van der Waals surface area contributed by atoms with Gasteiger partial charge >= 0.3 is 6.18 Å². The first-order valence-electron chi connectivity index (χ1n) is 5.59. The fraction of sp³-hybridized carbons (Fsp3) is 0.636. The van der Waals surface area contributed by atoms with Gasteiger partial charge in [-0.25, -0.2) is 9.97 Å². The number of alkyl halides is 3. The molecule has 0 saturated heterocycles. The van der Waals surface area contributed by atoms with E-state index >= 15 is 0 Å². The van der Waals surface area contributed by atoms with E-state index in [0.29, 0.717) is 5.82 Å². The molecule has 0 fully saturated rings. The van der Waals surface area contributed by atoms with Crippen LogP contribution in [-0.2, 0) is 4.74 Å². The molecule has 0 spiro atoms. The van der Waals surface area contributed by atoms with E-state index in [2.05, 4.69) is 20.0 Å². The number of rotatable bonds is 6. The number of hydrogen-bond donors (Lipinski definition) is 1. The highest BCUT2D eigenvalue weighted by Crippen LogP contribution is 2.15. The van der Waals surface area contributed by atoms with Crippen LogP contribution in [0.15, 0.2) is 12.4 Å². The number of hydrogen-bond acceptors (Lipinski definition) is 4. The van der Waals surface area contributed by atoms with Crippen molar-refractivity contribution in [1.29, 1.82) is 0 Å². The van der Waals surface area contributed by atoms with Crippen molar-refractivity contribution < 1.29 is 17.9 Å². The zero-order valence-electron chi connectivity index (χ0n) is 10.3. The van der Waals surface area contributed by atoms with Crippen LogP contribution in [-0.4, -0.2) is 35.9 Å². The van der Waals surface area contributed by atoms with Crippen molar-refractivity contribution in [3.63, 3.8) is 0 Å². The van der Waals surface area contributed by atoms with E-state index in [-0.39, 0.29) is 19.1 Å². The van der Waals surface area contributed by atoms with Gasteiger partial charge in [0.15, 0.2) is 0 Å². The predicted octanol–water partition coefficient (Wildman–Crippen LogP) is 2.59. The predicted molar refractivity (Wildman–Crippen MR) is 61.5 cm³/mol. The molecular formula is C11H16F3N3O. The average Bonchev–Trinajstić information content (AvgIpc) is 2.27. The summed E-state index contributed by atoms with van der Waals surface area (Å²) in [4.78, 5) is 8.05. The topological polar surface area (TPSA) is 47.0 Å². The maximum Gasteiger partial charge on any atom is 0.411 e. The normalized spacial score (nSPS) is 11.9. The number of aromatic nitrogens is 2. The summed E-state index contributed by atoms with van der Waals surface area (Å²) in [5, 5.41) is 2.88. The van der Waals surface area contributed by atoms with Crippen LogP contribution in [0.3, 0.4) is 0 Å². The van der Waals surface area contributed by atoms with Gasteiger partial charge in [-0.15, -0.1) is 0 Å². The van der Waals surface area contributed by atoms with E-state index in [9.17, 15) is 13.2 Å². The Hall–Kier alpha value is -1.37. The summed E-state index contributed by atoms with van der Waals surface area (Å²) in [6, 6.07) is 1.77. The molecule has 1 aromatic heterocycles. The lowest BCUT2D eigenvalue weighted by Crippen LogP contribution is -2.20. The minimum absolute atomic E-state index is 0.0273. The third-order valence-electron chi connectivity index (χ3n) is 2.10. The van der Waals surface area contributed by atoms with Crippen molar-refractivity contribution in [3.8, 4) is 0 Å². The van der Waals surface area contributed by atoms with Crippen molar-refractivity contribution in [3.05, 3.63) is 18.1 Å². The summed E-state index contributed by atoms with van der Waals surface area (Å²) in [5.41, 5.74) is 0.878. The highest BCUT2D eigenvalue weighted by molar-refractivity contribution is 5.35. The maximum atomic E-state index is 11.8. The average molecular weight is 263 g/mol. The van der Waals surface area contributed by atoms with E-state index in [1.54, 1.807) is 6.07 Å². The molecule has 0 aliphatic carbocycles. The summed E-state index contributed by atoms with van der Waals surface area (Å²) >= 11 is 0. The summed E-state index contributed by atoms with van der Waals surface area (Å²) in [6.07, 6.45) is -2.85. The van der Waals surface area contributed by atoms with Gasteiger partial charge < -0.3 is 10.1 Å². The number of halogens is 3. The van der Waals surface area contributed by atoms with Crippen LogP contribution in [0, 0.1) is 0 Å². The third-order valence-corrected chi connectivity index (χ3v) is 2.10. The lowest BCUT2D eigenvalue weighted by atomic mass is 10.1. The summed E-state index contributed by atoms with van der Waals surface area (Å²) in [7, 11) is 0. The molecule has 0 aliphatic rings. The van der Waals surface area contributed by atoms with Crippen molar-refractivity contribution in [2.75, 3.05) is 25.1 Å². The molecule has 0 aromatic carbocycles. The van der Waals surface area contributed by atoms with E-state index < -0.39 is 12.8 Å². The van der Waals surface area contributed by atoms with Crippen LogP contribution in [0.5, 0.6) is 0 Å². The minimum atomic E-state index is -4.28. The highest BCUT2D eigenvalue weighted by Gasteiger charge is 2.27. The SMILES string of the molecule is CC(C)c1cc(NCCOCC(F)(F)F)ncn1. The standard InChI is InChI=1S/C11H16F3N3O/c1-8(2)9-5-10(17-7-16-9)15-3-4-18-6-11(12,13)14/h5,7-8H,3-4,6H2,1-2H3,(H,15,16,17). The molecule has 4 nitrogen and oxygen atoms in total. The van der Waals surface area contributed by atoms with Gasteiger partial charge in [-0.3, -0.25) is 0 Å². The summed E-state index contributed by atoms with van der Waals surface area (Å²) in [6.45, 7) is 3.01. The smallest absolute Gasteiger partial charge is 0.370 e. The van der Waals surface area contributed by atoms with Gasteiger partial charge in [0.25, 0.3) is 0 Å². The van der Waals surface area contributed by atoms with Crippen molar-refractivity contribution >= 4 is 5.82 Å². The van der Waals surface area contributed by atoms with Crippen molar-refractivity contribution in [2.24, 2.45) is 0 Å². The zero-order chi connectivity index (χ0) is 13.6. The van der Waals surface area contributed by atoms with Crippen LogP contribution < -0.4 is 5.32 Å². The number of nitrogens with one attached hydrogen (secondary N) is 1. The second kappa shape index (κ2) is 6.53. The van der Waals surface area contributed by atoms with Crippen molar-refractivity contribution in [2.45, 2.75) is 25.9 Å². The van der Waals surface area contributed by atoms with Crippen LogP contribution in [0.1, 0.15) is 25.5 Å². The van der Waals surface area contributed by atoms with Gasteiger partial charge in [0.1, 0.15) is 18.8 Å². The summed E-state index contributed by atoms with van der Waals surface area (Å²) in [5.74, 6) is 0.860. The van der Waals surface area contributed by atoms with E-state index in [1.807, 2.05) is 13.8 Å². The molecule has 1 rings (SSSR count). The summed E-state index contributed by atoms with van der Waals surface area (Å²) < 4.78 is 39.8. The van der Waals surface area contributed by atoms with Gasteiger partial charge in [-0.2, -0.15) is 13.2 Å². The van der Waals surface area contributed by atoms with Gasteiger partial charge in [-0.05, 0) is 5.92 Å². The Morgan fingerprint density at radius 1 is 1.33 bits per heavy atom. The molecule has 102 valence electrons. The lowest BCUT2D eigenvalue weighted by molar-refractivity contribution is -0.172. The Kier molecular flexibility index (Phi) is 5.33. The molecule has 18 heavy (non-hydrogen) atoms. The number of nitrogens with zero attached hydrogens (tertiary/aromatic N) is 2. The van der Waals surface area contributed by atoms with Crippen LogP contribution in [0.25, 0.3) is 0 Å². The Labute approximate surface area is 104 Å². The van der Waals surface area contributed by atoms with Gasteiger partial charge in [0.05, 0.1) is 6.61 Å². The third kappa shape index (κ3) is 5.81. The molecule has 0 atom stereocenters. The molecule has 0 aliphatic heterocycles.